The molecule has 514 valence electrons. The van der Waals surface area contributed by atoms with Crippen LogP contribution in [0.2, 0.25) is 0 Å². The Morgan fingerprint density at radius 1 is 0.273 bits per heavy atom. The van der Waals surface area contributed by atoms with Crippen LogP contribution in [0.4, 0.5) is 0 Å². The van der Waals surface area contributed by atoms with Gasteiger partial charge in [-0.05, 0) is 64.2 Å². The molecule has 1 atom stereocenters. The van der Waals surface area contributed by atoms with Gasteiger partial charge in [0.1, 0.15) is 6.61 Å². The molecule has 0 aromatic carbocycles. The van der Waals surface area contributed by atoms with Crippen LogP contribution in [-0.2, 0) is 19.1 Å². The summed E-state index contributed by atoms with van der Waals surface area (Å²) < 4.78 is 10.8. The first-order valence-corrected chi connectivity index (χ1v) is 39.5. The van der Waals surface area contributed by atoms with E-state index in [0.717, 1.165) is 70.6 Å². The molecule has 0 saturated heterocycles. The van der Waals surface area contributed by atoms with Crippen molar-refractivity contribution >= 4 is 11.9 Å². The Balaban J connectivity index is 3.38. The van der Waals surface area contributed by atoms with Crippen molar-refractivity contribution in [2.24, 2.45) is 0 Å². The second-order valence-corrected chi connectivity index (χ2v) is 26.8. The minimum atomic E-state index is -0.774. The van der Waals surface area contributed by atoms with Crippen LogP contribution in [-0.4, -0.2) is 36.4 Å². The van der Waals surface area contributed by atoms with E-state index in [4.69, 9.17) is 9.47 Å². The highest BCUT2D eigenvalue weighted by Gasteiger charge is 2.16. The Morgan fingerprint density at radius 3 is 0.739 bits per heavy atom. The van der Waals surface area contributed by atoms with E-state index in [9.17, 15) is 14.7 Å². The van der Waals surface area contributed by atoms with Crippen LogP contribution >= 0.6 is 0 Å². The highest BCUT2D eigenvalue weighted by Crippen LogP contribution is 2.20. The Kier molecular flexibility index (Phi) is 76.2. The first kappa shape index (κ1) is 85.3. The van der Waals surface area contributed by atoms with Gasteiger partial charge in [0.2, 0.25) is 0 Å². The lowest BCUT2D eigenvalue weighted by molar-refractivity contribution is -0.161. The molecule has 1 N–H and O–H groups in total. The fraction of sp³-hybridized carbons (Fsp3) is 0.831. The molecule has 0 amide bonds. The van der Waals surface area contributed by atoms with Crippen LogP contribution in [0, 0.1) is 0 Å². The molecule has 5 nitrogen and oxygen atoms in total. The van der Waals surface area contributed by atoms with E-state index in [-0.39, 0.29) is 25.2 Å². The van der Waals surface area contributed by atoms with Crippen LogP contribution in [0.5, 0.6) is 0 Å². The van der Waals surface area contributed by atoms with E-state index in [1.54, 1.807) is 0 Å². The van der Waals surface area contributed by atoms with Crippen molar-refractivity contribution in [2.45, 2.75) is 431 Å². The summed E-state index contributed by atoms with van der Waals surface area (Å²) in [6.07, 6.45) is 110. The highest BCUT2D eigenvalue weighted by atomic mass is 16.6. The van der Waals surface area contributed by atoms with Crippen LogP contribution in [0.1, 0.15) is 425 Å². The molecule has 0 aliphatic carbocycles. The Bertz CT molecular complexity index is 1540. The zero-order valence-electron chi connectivity index (χ0n) is 59.3. The van der Waals surface area contributed by atoms with Gasteiger partial charge >= 0.3 is 11.9 Å². The molecule has 0 aromatic heterocycles. The number of ether oxygens (including phenoxy) is 2. The number of hydrogen-bond donors (Lipinski definition) is 1. The predicted octanol–water partition coefficient (Wildman–Crippen LogP) is 27.8. The summed E-state index contributed by atoms with van der Waals surface area (Å²) in [6.45, 7) is 4.09. The molecule has 0 aliphatic rings. The number of esters is 2. The van der Waals surface area contributed by atoms with Crippen molar-refractivity contribution in [3.8, 4) is 0 Å². The van der Waals surface area contributed by atoms with E-state index < -0.39 is 6.10 Å². The lowest BCUT2D eigenvalue weighted by Crippen LogP contribution is -2.28. The lowest BCUT2D eigenvalue weighted by atomic mass is 10.0. The molecule has 0 saturated carbocycles. The summed E-state index contributed by atoms with van der Waals surface area (Å²) >= 11 is 0. The molecule has 0 heterocycles. The molecule has 0 spiro atoms. The predicted molar refractivity (Wildman–Crippen MR) is 390 cm³/mol. The van der Waals surface area contributed by atoms with Gasteiger partial charge in [-0.15, -0.1) is 0 Å². The maximum Gasteiger partial charge on any atom is 0.306 e. The first-order valence-electron chi connectivity index (χ1n) is 39.5. The van der Waals surface area contributed by atoms with E-state index in [2.05, 4.69) is 86.8 Å². The standard InChI is InChI=1S/C83H152O5/c1-3-5-7-9-11-13-15-17-19-21-23-25-27-29-31-33-35-37-39-40-41-42-44-45-47-49-51-53-55-57-59-61-63-65-67-69-71-73-75-77-82(85)87-80-81(79-84)88-83(86)78-76-74-72-70-68-66-64-62-60-58-56-54-52-50-48-46-43-38-36-34-32-30-28-26-24-22-20-18-16-14-12-10-8-6-4-2/h6,8,12,14,18,20,24,26,30,32,36,38,81,84H,3-5,7,9-11,13,15-17,19,21-23,25,27-29,31,33-35,37,39-80H2,1-2H3/b8-6-,14-12-,20-18-,26-24-,32-30-,38-36-. The Labute approximate surface area is 550 Å². The first-order chi connectivity index (χ1) is 43.6. The van der Waals surface area contributed by atoms with Crippen molar-refractivity contribution in [1.29, 1.82) is 0 Å². The van der Waals surface area contributed by atoms with Gasteiger partial charge in [0.25, 0.3) is 0 Å². The van der Waals surface area contributed by atoms with Crippen LogP contribution in [0.15, 0.2) is 72.9 Å². The van der Waals surface area contributed by atoms with Crippen LogP contribution < -0.4 is 0 Å². The summed E-state index contributed by atoms with van der Waals surface area (Å²) in [4.78, 5) is 24.7. The summed E-state index contributed by atoms with van der Waals surface area (Å²) in [6, 6.07) is 0. The molecule has 88 heavy (non-hydrogen) atoms. The second-order valence-electron chi connectivity index (χ2n) is 26.8. The van der Waals surface area contributed by atoms with Gasteiger partial charge in [-0.25, -0.2) is 0 Å². The number of carbonyl (C=O) groups is 2. The van der Waals surface area contributed by atoms with Crippen molar-refractivity contribution in [3.05, 3.63) is 72.9 Å². The maximum absolute atomic E-state index is 12.4. The van der Waals surface area contributed by atoms with E-state index >= 15 is 0 Å². The Hall–Kier alpha value is -2.66. The summed E-state index contributed by atoms with van der Waals surface area (Å²) in [5.41, 5.74) is 0. The third-order valence-corrected chi connectivity index (χ3v) is 18.0. The average molecular weight is 1230 g/mol. The summed E-state index contributed by atoms with van der Waals surface area (Å²) in [7, 11) is 0. The monoisotopic (exact) mass is 1230 g/mol. The molecule has 0 rings (SSSR count). The van der Waals surface area contributed by atoms with E-state index in [1.807, 2.05) is 0 Å². The van der Waals surface area contributed by atoms with Crippen molar-refractivity contribution in [3.63, 3.8) is 0 Å². The summed E-state index contributed by atoms with van der Waals surface area (Å²) in [5, 5.41) is 9.73. The summed E-state index contributed by atoms with van der Waals surface area (Å²) in [5.74, 6) is -0.569. The molecule has 0 aromatic rings. The largest absolute Gasteiger partial charge is 0.462 e. The molecule has 0 bridgehead atoms. The molecular formula is C83H152O5. The molecular weight excluding hydrogens is 1080 g/mol. The fourth-order valence-electron chi connectivity index (χ4n) is 12.2. The zero-order valence-corrected chi connectivity index (χ0v) is 59.3. The van der Waals surface area contributed by atoms with Gasteiger partial charge in [0.05, 0.1) is 6.61 Å². The number of rotatable bonds is 74. The minimum Gasteiger partial charge on any atom is -0.462 e. The third-order valence-electron chi connectivity index (χ3n) is 18.0. The molecule has 1 unspecified atom stereocenters. The van der Waals surface area contributed by atoms with Gasteiger partial charge in [-0.1, -0.05) is 421 Å². The molecule has 0 radical (unpaired) electrons. The quantitative estimate of drug-likeness (QED) is 0.0373. The smallest absolute Gasteiger partial charge is 0.306 e. The topological polar surface area (TPSA) is 72.8 Å². The number of hydrogen-bond acceptors (Lipinski definition) is 5. The number of allylic oxidation sites excluding steroid dienone is 12. The van der Waals surface area contributed by atoms with Gasteiger partial charge in [-0.2, -0.15) is 0 Å². The zero-order chi connectivity index (χ0) is 63.3. The van der Waals surface area contributed by atoms with Gasteiger partial charge in [-0.3, -0.25) is 9.59 Å². The average Bonchev–Trinajstić information content (AvgIpc) is 3.54. The third kappa shape index (κ3) is 75.8. The molecule has 5 heteroatoms. The lowest BCUT2D eigenvalue weighted by Gasteiger charge is -2.15. The SMILES string of the molecule is CC/C=C\C/C=C\C/C=C\C/C=C\C/C=C\C/C=C\CCCCCCCCCCCCCCCCCCC(=O)OC(CO)COC(=O)CCCCCCCCCCCCCCCCCCCCCCCCCCCCCCCCCCCCCCCCC. The minimum absolute atomic E-state index is 0.0619. The van der Waals surface area contributed by atoms with Crippen molar-refractivity contribution in [1.82, 2.24) is 0 Å². The number of unbranched alkanes of at least 4 members (excludes halogenated alkanes) is 54. The van der Waals surface area contributed by atoms with E-state index in [1.165, 1.54) is 327 Å². The van der Waals surface area contributed by atoms with Crippen LogP contribution in [0.25, 0.3) is 0 Å². The number of carbonyl (C=O) groups excluding carboxylic acids is 2. The van der Waals surface area contributed by atoms with Gasteiger partial charge in [0.15, 0.2) is 6.10 Å². The van der Waals surface area contributed by atoms with Gasteiger partial charge in [0, 0.05) is 12.8 Å². The number of aliphatic hydroxyl groups is 1. The molecule has 0 fully saturated rings. The second kappa shape index (κ2) is 78.6. The molecule has 0 aliphatic heterocycles. The highest BCUT2D eigenvalue weighted by molar-refractivity contribution is 5.70. The normalized spacial score (nSPS) is 12.5. The Morgan fingerprint density at radius 2 is 0.489 bits per heavy atom. The van der Waals surface area contributed by atoms with Crippen molar-refractivity contribution < 1.29 is 24.2 Å². The number of aliphatic hydroxyl groups excluding tert-OH is 1. The van der Waals surface area contributed by atoms with Gasteiger partial charge < -0.3 is 14.6 Å². The maximum atomic E-state index is 12.4. The van der Waals surface area contributed by atoms with Crippen molar-refractivity contribution in [2.75, 3.05) is 13.2 Å². The van der Waals surface area contributed by atoms with E-state index in [0.29, 0.717) is 12.8 Å². The van der Waals surface area contributed by atoms with Crippen LogP contribution in [0.3, 0.4) is 0 Å². The fourth-order valence-corrected chi connectivity index (χ4v) is 12.2.